The molecule has 1 heterocycles. The van der Waals surface area contributed by atoms with Crippen LogP contribution in [-0.2, 0) is 14.8 Å². The van der Waals surface area contributed by atoms with Crippen molar-refractivity contribution < 1.29 is 13.2 Å². The summed E-state index contributed by atoms with van der Waals surface area (Å²) >= 11 is 0. The Kier molecular flexibility index (Phi) is 2.77. The van der Waals surface area contributed by atoms with Crippen molar-refractivity contribution in [3.05, 3.63) is 30.3 Å². The van der Waals surface area contributed by atoms with Crippen molar-refractivity contribution in [3.63, 3.8) is 0 Å². The van der Waals surface area contributed by atoms with Gasteiger partial charge in [0.1, 0.15) is 6.73 Å². The maximum Gasteiger partial charge on any atom is 0.245 e. The van der Waals surface area contributed by atoms with Gasteiger partial charge in [-0.3, -0.25) is 0 Å². The number of nitrogens with zero attached hydrogens (tertiary/aromatic N) is 1. The third-order valence-electron chi connectivity index (χ3n) is 2.67. The fraction of sp³-hybridized carbons (Fsp3) is 0.455. The molecule has 0 amide bonds. The van der Waals surface area contributed by atoms with Crippen molar-refractivity contribution in [3.8, 4) is 0 Å². The SMILES string of the molecule is CC1(C)COCN1S(=O)(=O)c1ccccc1. The zero-order chi connectivity index (χ0) is 11.8. The first-order valence-electron chi connectivity index (χ1n) is 5.10. The third kappa shape index (κ3) is 1.86. The molecule has 1 aromatic carbocycles. The molecule has 2 rings (SSSR count). The van der Waals surface area contributed by atoms with Gasteiger partial charge in [-0.05, 0) is 26.0 Å². The minimum Gasteiger partial charge on any atom is -0.363 e. The number of ether oxygens (including phenoxy) is 1. The topological polar surface area (TPSA) is 46.6 Å². The second kappa shape index (κ2) is 3.84. The van der Waals surface area contributed by atoms with E-state index in [0.717, 1.165) is 0 Å². The molecule has 1 fully saturated rings. The summed E-state index contributed by atoms with van der Waals surface area (Å²) in [6, 6.07) is 8.44. The van der Waals surface area contributed by atoms with E-state index in [0.29, 0.717) is 11.5 Å². The van der Waals surface area contributed by atoms with Gasteiger partial charge < -0.3 is 4.74 Å². The lowest BCUT2D eigenvalue weighted by molar-refractivity contribution is 0.171. The number of hydrogen-bond donors (Lipinski definition) is 0. The van der Waals surface area contributed by atoms with Crippen molar-refractivity contribution >= 4 is 10.0 Å². The molecule has 16 heavy (non-hydrogen) atoms. The summed E-state index contributed by atoms with van der Waals surface area (Å²) in [7, 11) is -3.44. The highest BCUT2D eigenvalue weighted by Gasteiger charge is 2.41. The fourth-order valence-corrected chi connectivity index (χ4v) is 3.41. The molecule has 0 radical (unpaired) electrons. The predicted octanol–water partition coefficient (Wildman–Crippen LogP) is 1.44. The zero-order valence-electron chi connectivity index (χ0n) is 9.38. The van der Waals surface area contributed by atoms with E-state index in [1.54, 1.807) is 30.3 Å². The molecule has 5 heteroatoms. The largest absolute Gasteiger partial charge is 0.363 e. The third-order valence-corrected chi connectivity index (χ3v) is 4.72. The van der Waals surface area contributed by atoms with Crippen LogP contribution in [0.15, 0.2) is 35.2 Å². The van der Waals surface area contributed by atoms with Crippen LogP contribution in [0.2, 0.25) is 0 Å². The average molecular weight is 241 g/mol. The quantitative estimate of drug-likeness (QED) is 0.787. The van der Waals surface area contributed by atoms with Crippen LogP contribution in [0, 0.1) is 0 Å². The molecule has 0 aliphatic carbocycles. The molecule has 4 nitrogen and oxygen atoms in total. The van der Waals surface area contributed by atoms with Crippen LogP contribution in [0.25, 0.3) is 0 Å². The second-order valence-corrected chi connectivity index (χ2v) is 6.32. The lowest BCUT2D eigenvalue weighted by atomic mass is 10.1. The van der Waals surface area contributed by atoms with E-state index < -0.39 is 15.6 Å². The summed E-state index contributed by atoms with van der Waals surface area (Å²) in [5, 5.41) is 0. The first-order chi connectivity index (χ1) is 7.44. The molecule has 1 saturated heterocycles. The Bertz CT molecular complexity index is 467. The van der Waals surface area contributed by atoms with Gasteiger partial charge in [-0.25, -0.2) is 8.42 Å². The summed E-state index contributed by atoms with van der Waals surface area (Å²) in [4.78, 5) is 0.313. The van der Waals surface area contributed by atoms with Gasteiger partial charge in [0.15, 0.2) is 0 Å². The van der Waals surface area contributed by atoms with Crippen molar-refractivity contribution in [2.75, 3.05) is 13.3 Å². The maximum atomic E-state index is 12.3. The van der Waals surface area contributed by atoms with Crippen LogP contribution in [0.1, 0.15) is 13.8 Å². The van der Waals surface area contributed by atoms with Crippen LogP contribution in [0.3, 0.4) is 0 Å². The van der Waals surface area contributed by atoms with E-state index in [-0.39, 0.29) is 6.73 Å². The lowest BCUT2D eigenvalue weighted by Crippen LogP contribution is -2.44. The molecule has 0 atom stereocenters. The molecule has 1 aliphatic heterocycles. The first-order valence-corrected chi connectivity index (χ1v) is 6.54. The molecule has 88 valence electrons. The van der Waals surface area contributed by atoms with Crippen LogP contribution in [0.4, 0.5) is 0 Å². The molecule has 0 aromatic heterocycles. The van der Waals surface area contributed by atoms with E-state index in [1.807, 2.05) is 13.8 Å². The fourth-order valence-electron chi connectivity index (χ4n) is 1.74. The Morgan fingerprint density at radius 1 is 1.25 bits per heavy atom. The normalized spacial score (nSPS) is 21.1. The maximum absolute atomic E-state index is 12.3. The van der Waals surface area contributed by atoms with Crippen LogP contribution in [-0.4, -0.2) is 31.6 Å². The molecule has 1 aromatic rings. The molecule has 1 aliphatic rings. The van der Waals surface area contributed by atoms with Gasteiger partial charge in [0.2, 0.25) is 10.0 Å². The van der Waals surface area contributed by atoms with E-state index >= 15 is 0 Å². The van der Waals surface area contributed by atoms with Crippen molar-refractivity contribution in [1.29, 1.82) is 0 Å². The van der Waals surface area contributed by atoms with E-state index in [4.69, 9.17) is 4.74 Å². The zero-order valence-corrected chi connectivity index (χ0v) is 10.2. The van der Waals surface area contributed by atoms with Gasteiger partial charge in [-0.1, -0.05) is 18.2 Å². The summed E-state index contributed by atoms with van der Waals surface area (Å²) in [6.07, 6.45) is 0. The summed E-state index contributed by atoms with van der Waals surface area (Å²) < 4.78 is 31.2. The number of hydrogen-bond acceptors (Lipinski definition) is 3. The Hall–Kier alpha value is -0.910. The van der Waals surface area contributed by atoms with Gasteiger partial charge >= 0.3 is 0 Å². The lowest BCUT2D eigenvalue weighted by Gasteiger charge is -2.27. The molecule has 0 saturated carbocycles. The average Bonchev–Trinajstić information content (AvgIpc) is 2.60. The van der Waals surface area contributed by atoms with Gasteiger partial charge in [-0.2, -0.15) is 4.31 Å². The molecule has 0 spiro atoms. The smallest absolute Gasteiger partial charge is 0.245 e. The first kappa shape index (κ1) is 11.6. The highest BCUT2D eigenvalue weighted by atomic mass is 32.2. The van der Waals surface area contributed by atoms with Crippen LogP contribution < -0.4 is 0 Å². The molecule has 0 unspecified atom stereocenters. The number of sulfonamides is 1. The van der Waals surface area contributed by atoms with Crippen LogP contribution >= 0.6 is 0 Å². The second-order valence-electron chi connectivity index (χ2n) is 4.46. The Labute approximate surface area is 95.9 Å². The Morgan fingerprint density at radius 3 is 2.38 bits per heavy atom. The highest BCUT2D eigenvalue weighted by molar-refractivity contribution is 7.89. The number of rotatable bonds is 2. The van der Waals surface area contributed by atoms with Crippen molar-refractivity contribution in [1.82, 2.24) is 4.31 Å². The minimum absolute atomic E-state index is 0.129. The standard InChI is InChI=1S/C11H15NO3S/c1-11(2)8-15-9-12(11)16(13,14)10-6-4-3-5-7-10/h3-7H,8-9H2,1-2H3. The van der Waals surface area contributed by atoms with E-state index in [9.17, 15) is 8.42 Å². The molecular weight excluding hydrogens is 226 g/mol. The highest BCUT2D eigenvalue weighted by Crippen LogP contribution is 2.28. The summed E-state index contributed by atoms with van der Waals surface area (Å²) in [6.45, 7) is 4.28. The van der Waals surface area contributed by atoms with Gasteiger partial charge in [-0.15, -0.1) is 0 Å². The number of benzene rings is 1. The van der Waals surface area contributed by atoms with E-state index in [2.05, 4.69) is 0 Å². The van der Waals surface area contributed by atoms with E-state index in [1.165, 1.54) is 4.31 Å². The molecule has 0 bridgehead atoms. The van der Waals surface area contributed by atoms with Gasteiger partial charge in [0.05, 0.1) is 17.0 Å². The van der Waals surface area contributed by atoms with Gasteiger partial charge in [0, 0.05) is 0 Å². The van der Waals surface area contributed by atoms with Crippen molar-refractivity contribution in [2.45, 2.75) is 24.3 Å². The Balaban J connectivity index is 2.41. The molecule has 0 N–H and O–H groups in total. The molecular formula is C11H15NO3S. The van der Waals surface area contributed by atoms with Crippen LogP contribution in [0.5, 0.6) is 0 Å². The van der Waals surface area contributed by atoms with Gasteiger partial charge in [0.25, 0.3) is 0 Å². The summed E-state index contributed by atoms with van der Waals surface area (Å²) in [5.41, 5.74) is -0.478. The minimum atomic E-state index is -3.44. The Morgan fingerprint density at radius 2 is 1.88 bits per heavy atom. The monoisotopic (exact) mass is 241 g/mol. The van der Waals surface area contributed by atoms with Crippen molar-refractivity contribution in [2.24, 2.45) is 0 Å². The summed E-state index contributed by atoms with van der Waals surface area (Å²) in [5.74, 6) is 0. The predicted molar refractivity (Wildman–Crippen MR) is 60.4 cm³/mol.